The summed E-state index contributed by atoms with van der Waals surface area (Å²) in [7, 11) is 1.46. The number of hydrogen-bond donors (Lipinski definition) is 1. The van der Waals surface area contributed by atoms with Gasteiger partial charge in [-0.15, -0.1) is 0 Å². The van der Waals surface area contributed by atoms with Crippen LogP contribution in [0.3, 0.4) is 0 Å². The van der Waals surface area contributed by atoms with E-state index in [2.05, 4.69) is 0 Å². The van der Waals surface area contributed by atoms with E-state index in [1.54, 1.807) is 0 Å². The summed E-state index contributed by atoms with van der Waals surface area (Å²) < 4.78 is 35.7. The molecule has 0 saturated heterocycles. The molecule has 0 radical (unpaired) electrons. The molecule has 2 N–H and O–H groups in total. The van der Waals surface area contributed by atoms with Gasteiger partial charge in [0.1, 0.15) is 0 Å². The predicted molar refractivity (Wildman–Crippen MR) is 51.0 cm³/mol. The fourth-order valence-corrected chi connectivity index (χ4v) is 1.09. The second-order valence-corrected chi connectivity index (χ2v) is 4.05. The summed E-state index contributed by atoms with van der Waals surface area (Å²) in [6.07, 6.45) is -3.51. The lowest BCUT2D eigenvalue weighted by atomic mass is 10.0. The normalized spacial score (nSPS) is 15.2. The Balaban J connectivity index is 3.69. The van der Waals surface area contributed by atoms with Gasteiger partial charge in [0.05, 0.1) is 6.54 Å². The zero-order chi connectivity index (χ0) is 11.4. The van der Waals surface area contributed by atoms with E-state index in [9.17, 15) is 13.2 Å². The molecule has 0 aliphatic heterocycles. The summed E-state index contributed by atoms with van der Waals surface area (Å²) in [6, 6.07) is -0.0225. The third kappa shape index (κ3) is 7.15. The van der Waals surface area contributed by atoms with Gasteiger partial charge in [0.2, 0.25) is 0 Å². The van der Waals surface area contributed by atoms with Gasteiger partial charge in [0, 0.05) is 6.04 Å². The first-order chi connectivity index (χ1) is 6.22. The molecule has 0 aromatic rings. The lowest BCUT2D eigenvalue weighted by molar-refractivity contribution is -0.143. The smallest absolute Gasteiger partial charge is 0.327 e. The summed E-state index contributed by atoms with van der Waals surface area (Å²) in [5, 5.41) is 0. The number of halogens is 3. The Labute approximate surface area is 83.3 Å². The SMILES string of the molecule is CC(C)C(N)CCN(C)CC(F)(F)F. The van der Waals surface area contributed by atoms with Crippen molar-refractivity contribution in [3.05, 3.63) is 0 Å². The molecule has 0 spiro atoms. The summed E-state index contributed by atoms with van der Waals surface area (Å²) in [6.45, 7) is 3.46. The van der Waals surface area contributed by atoms with Crippen molar-refractivity contribution in [2.45, 2.75) is 32.5 Å². The van der Waals surface area contributed by atoms with Crippen LogP contribution in [-0.2, 0) is 0 Å². The Hall–Kier alpha value is -0.290. The van der Waals surface area contributed by atoms with Gasteiger partial charge in [-0.3, -0.25) is 4.90 Å². The van der Waals surface area contributed by atoms with E-state index in [0.29, 0.717) is 18.9 Å². The molecule has 0 aromatic heterocycles. The minimum atomic E-state index is -4.11. The average Bonchev–Trinajstić information content (AvgIpc) is 1.96. The molecule has 0 bridgehead atoms. The Morgan fingerprint density at radius 1 is 1.29 bits per heavy atom. The van der Waals surface area contributed by atoms with Crippen molar-refractivity contribution in [1.82, 2.24) is 4.90 Å². The lowest BCUT2D eigenvalue weighted by Gasteiger charge is -2.22. The minimum absolute atomic E-state index is 0.0225. The molecule has 0 rings (SSSR count). The zero-order valence-electron chi connectivity index (χ0n) is 8.93. The fraction of sp³-hybridized carbons (Fsp3) is 1.00. The molecule has 2 nitrogen and oxygen atoms in total. The second kappa shape index (κ2) is 5.56. The lowest BCUT2D eigenvalue weighted by Crippen LogP contribution is -2.36. The molecule has 1 unspecified atom stereocenters. The van der Waals surface area contributed by atoms with Crippen molar-refractivity contribution in [1.29, 1.82) is 0 Å². The number of rotatable bonds is 5. The maximum Gasteiger partial charge on any atom is 0.401 e. The monoisotopic (exact) mass is 212 g/mol. The van der Waals surface area contributed by atoms with Crippen LogP contribution in [-0.4, -0.2) is 37.3 Å². The highest BCUT2D eigenvalue weighted by molar-refractivity contribution is 4.68. The Morgan fingerprint density at radius 2 is 1.79 bits per heavy atom. The van der Waals surface area contributed by atoms with Crippen molar-refractivity contribution in [2.24, 2.45) is 11.7 Å². The zero-order valence-corrected chi connectivity index (χ0v) is 8.93. The van der Waals surface area contributed by atoms with Crippen LogP contribution < -0.4 is 5.73 Å². The highest BCUT2D eigenvalue weighted by atomic mass is 19.4. The molecular weight excluding hydrogens is 193 g/mol. The first kappa shape index (κ1) is 13.7. The number of nitrogens with zero attached hydrogens (tertiary/aromatic N) is 1. The van der Waals surface area contributed by atoms with Crippen molar-refractivity contribution >= 4 is 0 Å². The van der Waals surface area contributed by atoms with E-state index in [1.807, 2.05) is 13.8 Å². The average molecular weight is 212 g/mol. The molecule has 0 aliphatic rings. The van der Waals surface area contributed by atoms with Gasteiger partial charge in [-0.2, -0.15) is 13.2 Å². The van der Waals surface area contributed by atoms with Gasteiger partial charge in [0.25, 0.3) is 0 Å². The van der Waals surface area contributed by atoms with Crippen molar-refractivity contribution in [2.75, 3.05) is 20.1 Å². The van der Waals surface area contributed by atoms with Crippen LogP contribution in [0.2, 0.25) is 0 Å². The summed E-state index contributed by atoms with van der Waals surface area (Å²) in [5.74, 6) is 0.314. The molecule has 5 heteroatoms. The number of alkyl halides is 3. The van der Waals surface area contributed by atoms with Crippen LogP contribution in [0.25, 0.3) is 0 Å². The number of hydrogen-bond acceptors (Lipinski definition) is 2. The minimum Gasteiger partial charge on any atom is -0.327 e. The Bertz CT molecular complexity index is 157. The topological polar surface area (TPSA) is 29.3 Å². The third-order valence-electron chi connectivity index (χ3n) is 2.15. The Kier molecular flexibility index (Phi) is 5.44. The van der Waals surface area contributed by atoms with Gasteiger partial charge < -0.3 is 5.73 Å². The third-order valence-corrected chi connectivity index (χ3v) is 2.15. The fourth-order valence-electron chi connectivity index (χ4n) is 1.09. The molecule has 86 valence electrons. The van der Waals surface area contributed by atoms with Crippen molar-refractivity contribution in [3.63, 3.8) is 0 Å². The Morgan fingerprint density at radius 3 is 2.14 bits per heavy atom. The van der Waals surface area contributed by atoms with E-state index < -0.39 is 12.7 Å². The van der Waals surface area contributed by atoms with E-state index in [0.717, 1.165) is 0 Å². The molecule has 14 heavy (non-hydrogen) atoms. The highest BCUT2D eigenvalue weighted by Crippen LogP contribution is 2.15. The first-order valence-electron chi connectivity index (χ1n) is 4.73. The van der Waals surface area contributed by atoms with Gasteiger partial charge >= 0.3 is 6.18 Å². The quantitative estimate of drug-likeness (QED) is 0.753. The molecule has 0 saturated carbocycles. The standard InChI is InChI=1S/C9H19F3N2/c1-7(2)8(13)4-5-14(3)6-9(10,11)12/h7-8H,4-6,13H2,1-3H3. The molecule has 1 atom stereocenters. The summed E-state index contributed by atoms with van der Waals surface area (Å²) in [4.78, 5) is 1.25. The summed E-state index contributed by atoms with van der Waals surface area (Å²) >= 11 is 0. The molecule has 0 aromatic carbocycles. The maximum absolute atomic E-state index is 11.9. The van der Waals surface area contributed by atoms with E-state index in [1.165, 1.54) is 11.9 Å². The molecular formula is C9H19F3N2. The van der Waals surface area contributed by atoms with Crippen LogP contribution in [0.5, 0.6) is 0 Å². The van der Waals surface area contributed by atoms with E-state index in [4.69, 9.17) is 5.73 Å². The van der Waals surface area contributed by atoms with Gasteiger partial charge in [-0.25, -0.2) is 0 Å². The van der Waals surface area contributed by atoms with E-state index in [-0.39, 0.29) is 6.04 Å². The molecule has 0 aliphatic carbocycles. The highest BCUT2D eigenvalue weighted by Gasteiger charge is 2.29. The van der Waals surface area contributed by atoms with Crippen LogP contribution in [0.4, 0.5) is 13.2 Å². The van der Waals surface area contributed by atoms with Crippen LogP contribution in [0, 0.1) is 5.92 Å². The predicted octanol–water partition coefficient (Wildman–Crippen LogP) is 1.85. The summed E-state index contributed by atoms with van der Waals surface area (Å²) in [5.41, 5.74) is 5.72. The van der Waals surface area contributed by atoms with Crippen LogP contribution in [0.15, 0.2) is 0 Å². The van der Waals surface area contributed by atoms with E-state index >= 15 is 0 Å². The van der Waals surface area contributed by atoms with Crippen LogP contribution >= 0.6 is 0 Å². The largest absolute Gasteiger partial charge is 0.401 e. The van der Waals surface area contributed by atoms with Gasteiger partial charge in [0.15, 0.2) is 0 Å². The molecule has 0 heterocycles. The van der Waals surface area contributed by atoms with Gasteiger partial charge in [-0.1, -0.05) is 13.8 Å². The number of nitrogens with two attached hydrogens (primary N) is 1. The van der Waals surface area contributed by atoms with Crippen molar-refractivity contribution < 1.29 is 13.2 Å². The second-order valence-electron chi connectivity index (χ2n) is 4.05. The van der Waals surface area contributed by atoms with Gasteiger partial charge in [-0.05, 0) is 25.9 Å². The maximum atomic E-state index is 11.9. The molecule has 0 fully saturated rings. The molecule has 0 amide bonds. The van der Waals surface area contributed by atoms with Crippen LogP contribution in [0.1, 0.15) is 20.3 Å². The first-order valence-corrected chi connectivity index (χ1v) is 4.73. The van der Waals surface area contributed by atoms with Crippen molar-refractivity contribution in [3.8, 4) is 0 Å².